The van der Waals surface area contributed by atoms with Gasteiger partial charge in [-0.3, -0.25) is 19.2 Å². The molecule has 0 bridgehead atoms. The second-order valence-electron chi connectivity index (χ2n) is 12.1. The monoisotopic (exact) mass is 604 g/mol. The molecule has 0 spiro atoms. The minimum absolute atomic E-state index is 0.226. The number of ether oxygens (including phenoxy) is 1. The minimum atomic E-state index is -0.434. The molecular weight excluding hydrogens is 563 g/mol. The molecule has 3 aromatic rings. The Kier molecular flexibility index (Phi) is 10.3. The number of carbonyl (C=O) groups is 3. The lowest BCUT2D eigenvalue weighted by atomic mass is 9.79. The first-order valence-electron chi connectivity index (χ1n) is 15.0. The molecule has 1 aromatic heterocycles. The van der Waals surface area contributed by atoms with Crippen molar-refractivity contribution in [3.63, 3.8) is 0 Å². The standard InChI is InChI=1S/C34H41FN4O5/c1-6-44-31(41)14-15-34(4,5)29-13-12-28(24-8-7-9-27(35)19-24)39(29)30(40)20-36-32(42)25-11-10-23(21(2)16-25)18-26-17-22(3)37-38-33(26)43/h7-11,16-17,19,28-29H,6,12-15,18,20H2,1-5H3,(H,36,42)(H,38,43)/t28-,29+/m0/s1. The van der Waals surface area contributed by atoms with E-state index in [4.69, 9.17) is 4.74 Å². The molecule has 0 saturated carbocycles. The van der Waals surface area contributed by atoms with Crippen LogP contribution in [0.5, 0.6) is 0 Å². The third-order valence-electron chi connectivity index (χ3n) is 8.48. The molecule has 234 valence electrons. The Hall–Kier alpha value is -4.34. The second-order valence-corrected chi connectivity index (χ2v) is 12.1. The zero-order chi connectivity index (χ0) is 32.0. The molecule has 2 amide bonds. The highest BCUT2D eigenvalue weighted by Gasteiger charge is 2.45. The highest BCUT2D eigenvalue weighted by Crippen LogP contribution is 2.45. The third kappa shape index (κ3) is 7.78. The van der Waals surface area contributed by atoms with Gasteiger partial charge in [0, 0.05) is 30.0 Å². The van der Waals surface area contributed by atoms with E-state index in [-0.39, 0.29) is 48.3 Å². The lowest BCUT2D eigenvalue weighted by Gasteiger charge is -2.40. The molecule has 0 radical (unpaired) electrons. The molecule has 0 unspecified atom stereocenters. The Labute approximate surface area is 257 Å². The molecule has 44 heavy (non-hydrogen) atoms. The number of benzene rings is 2. The molecule has 2 aromatic carbocycles. The number of carbonyl (C=O) groups excluding carboxylic acids is 3. The molecule has 9 nitrogen and oxygen atoms in total. The van der Waals surface area contributed by atoms with Crippen molar-refractivity contribution in [3.05, 3.63) is 98.2 Å². The third-order valence-corrected chi connectivity index (χ3v) is 8.48. The molecule has 2 atom stereocenters. The summed E-state index contributed by atoms with van der Waals surface area (Å²) in [7, 11) is 0. The van der Waals surface area contributed by atoms with Gasteiger partial charge in [0.2, 0.25) is 5.91 Å². The van der Waals surface area contributed by atoms with Crippen LogP contribution in [0.4, 0.5) is 4.39 Å². The van der Waals surface area contributed by atoms with E-state index in [2.05, 4.69) is 15.5 Å². The van der Waals surface area contributed by atoms with Gasteiger partial charge in [0.05, 0.1) is 24.9 Å². The van der Waals surface area contributed by atoms with Gasteiger partial charge >= 0.3 is 5.97 Å². The number of aromatic amines is 1. The lowest BCUT2D eigenvalue weighted by molar-refractivity contribution is -0.144. The smallest absolute Gasteiger partial charge is 0.305 e. The fourth-order valence-corrected chi connectivity index (χ4v) is 6.07. The van der Waals surface area contributed by atoms with Crippen molar-refractivity contribution in [3.8, 4) is 0 Å². The van der Waals surface area contributed by atoms with Gasteiger partial charge in [-0.2, -0.15) is 5.10 Å². The van der Waals surface area contributed by atoms with Crippen molar-refractivity contribution >= 4 is 17.8 Å². The molecule has 1 fully saturated rings. The molecule has 10 heteroatoms. The van der Waals surface area contributed by atoms with Crippen molar-refractivity contribution in [2.45, 2.75) is 78.8 Å². The molecule has 4 rings (SSSR count). The molecule has 1 saturated heterocycles. The van der Waals surface area contributed by atoms with Crippen LogP contribution in [0.25, 0.3) is 0 Å². The number of aryl methyl sites for hydroxylation is 2. The zero-order valence-corrected chi connectivity index (χ0v) is 26.0. The van der Waals surface area contributed by atoms with Crippen LogP contribution in [-0.4, -0.2) is 52.1 Å². The summed E-state index contributed by atoms with van der Waals surface area (Å²) in [6.45, 7) is 9.55. The summed E-state index contributed by atoms with van der Waals surface area (Å²) < 4.78 is 19.3. The van der Waals surface area contributed by atoms with Crippen LogP contribution in [0.3, 0.4) is 0 Å². The van der Waals surface area contributed by atoms with Crippen molar-refractivity contribution in [1.29, 1.82) is 0 Å². The molecule has 2 N–H and O–H groups in total. The Morgan fingerprint density at radius 1 is 1.09 bits per heavy atom. The summed E-state index contributed by atoms with van der Waals surface area (Å²) in [6.07, 6.45) is 2.45. The Morgan fingerprint density at radius 3 is 2.57 bits per heavy atom. The van der Waals surface area contributed by atoms with E-state index in [0.29, 0.717) is 54.7 Å². The van der Waals surface area contributed by atoms with Crippen molar-refractivity contribution in [2.24, 2.45) is 5.41 Å². The van der Waals surface area contributed by atoms with E-state index in [0.717, 1.165) is 11.1 Å². The number of rotatable bonds is 11. The molecule has 1 aliphatic heterocycles. The topological polar surface area (TPSA) is 121 Å². The maximum atomic E-state index is 14.2. The van der Waals surface area contributed by atoms with Gasteiger partial charge in [-0.1, -0.05) is 32.0 Å². The maximum absolute atomic E-state index is 14.2. The van der Waals surface area contributed by atoms with E-state index >= 15 is 0 Å². The minimum Gasteiger partial charge on any atom is -0.466 e. The highest BCUT2D eigenvalue weighted by atomic mass is 19.1. The number of amides is 2. The second kappa shape index (κ2) is 14.0. The van der Waals surface area contributed by atoms with E-state index in [1.54, 1.807) is 43.0 Å². The van der Waals surface area contributed by atoms with Crippen molar-refractivity contribution in [1.82, 2.24) is 20.4 Å². The van der Waals surface area contributed by atoms with Gasteiger partial charge in [0.15, 0.2) is 0 Å². The number of aromatic nitrogens is 2. The number of hydrogen-bond donors (Lipinski definition) is 2. The van der Waals surface area contributed by atoms with E-state index in [1.807, 2.05) is 32.9 Å². The fourth-order valence-electron chi connectivity index (χ4n) is 6.07. The van der Waals surface area contributed by atoms with Gasteiger partial charge in [-0.25, -0.2) is 9.49 Å². The van der Waals surface area contributed by atoms with E-state index in [1.165, 1.54) is 12.1 Å². The van der Waals surface area contributed by atoms with Crippen LogP contribution < -0.4 is 10.9 Å². The molecule has 0 aliphatic carbocycles. The number of nitrogens with zero attached hydrogens (tertiary/aromatic N) is 2. The van der Waals surface area contributed by atoms with Crippen LogP contribution in [0.1, 0.15) is 90.8 Å². The first-order valence-corrected chi connectivity index (χ1v) is 15.0. The van der Waals surface area contributed by atoms with Gasteiger partial charge in [-0.05, 0) is 92.5 Å². The number of nitrogens with one attached hydrogen (secondary N) is 2. The Morgan fingerprint density at radius 2 is 1.86 bits per heavy atom. The largest absolute Gasteiger partial charge is 0.466 e. The maximum Gasteiger partial charge on any atom is 0.305 e. The number of likely N-dealkylation sites (tertiary alicyclic amines) is 1. The van der Waals surface area contributed by atoms with Crippen LogP contribution in [0.2, 0.25) is 0 Å². The fraction of sp³-hybridized carbons (Fsp3) is 0.441. The average Bonchev–Trinajstić information content (AvgIpc) is 3.44. The van der Waals surface area contributed by atoms with Crippen LogP contribution in [-0.2, 0) is 20.7 Å². The average molecular weight is 605 g/mol. The summed E-state index contributed by atoms with van der Waals surface area (Å²) in [5, 5.41) is 9.17. The van der Waals surface area contributed by atoms with Crippen LogP contribution in [0, 0.1) is 25.1 Å². The summed E-state index contributed by atoms with van der Waals surface area (Å²) in [4.78, 5) is 53.0. The van der Waals surface area contributed by atoms with Gasteiger partial charge in [0.25, 0.3) is 11.5 Å². The highest BCUT2D eigenvalue weighted by molar-refractivity contribution is 5.96. The number of esters is 1. The summed E-state index contributed by atoms with van der Waals surface area (Å²) in [6, 6.07) is 12.6. The first-order chi connectivity index (χ1) is 20.9. The Balaban J connectivity index is 1.49. The first kappa shape index (κ1) is 32.6. The van der Waals surface area contributed by atoms with Crippen LogP contribution in [0.15, 0.2) is 53.3 Å². The Bertz CT molecular complexity index is 1580. The predicted molar refractivity (Wildman–Crippen MR) is 165 cm³/mol. The van der Waals surface area contributed by atoms with Gasteiger partial charge in [-0.15, -0.1) is 0 Å². The number of H-pyrrole nitrogens is 1. The van der Waals surface area contributed by atoms with Crippen molar-refractivity contribution < 1.29 is 23.5 Å². The summed E-state index contributed by atoms with van der Waals surface area (Å²) in [5.74, 6) is -1.34. The van der Waals surface area contributed by atoms with Crippen molar-refractivity contribution in [2.75, 3.05) is 13.2 Å². The molecule has 2 heterocycles. The molecule has 1 aliphatic rings. The van der Waals surface area contributed by atoms with Gasteiger partial charge < -0.3 is 15.0 Å². The normalized spacial score (nSPS) is 16.5. The molecular formula is C34H41FN4O5. The quantitative estimate of drug-likeness (QED) is 0.299. The van der Waals surface area contributed by atoms with E-state index in [9.17, 15) is 23.6 Å². The van der Waals surface area contributed by atoms with Crippen LogP contribution >= 0.6 is 0 Å². The van der Waals surface area contributed by atoms with Gasteiger partial charge in [0.1, 0.15) is 5.82 Å². The summed E-state index contributed by atoms with van der Waals surface area (Å²) >= 11 is 0. The number of hydrogen-bond acceptors (Lipinski definition) is 6. The zero-order valence-electron chi connectivity index (χ0n) is 26.0. The van der Waals surface area contributed by atoms with E-state index < -0.39 is 11.3 Å². The SMILES string of the molecule is CCOC(=O)CCC(C)(C)[C@H]1CC[C@@H](c2cccc(F)c2)N1C(=O)CNC(=O)c1ccc(Cc2cc(C)n[nH]c2=O)c(C)c1. The predicted octanol–water partition coefficient (Wildman–Crippen LogP) is 4.95. The number of halogens is 1. The lowest BCUT2D eigenvalue weighted by Crippen LogP contribution is -2.49. The summed E-state index contributed by atoms with van der Waals surface area (Å²) in [5.41, 5.74) is 3.44.